The molecule has 0 aliphatic heterocycles. The van der Waals surface area contributed by atoms with Crippen LogP contribution in [0.4, 0.5) is 5.69 Å². The monoisotopic (exact) mass is 340 g/mol. The molecule has 2 N–H and O–H groups in total. The number of hydrogen-bond acceptors (Lipinski definition) is 5. The third-order valence-electron chi connectivity index (χ3n) is 3.70. The van der Waals surface area contributed by atoms with Crippen LogP contribution in [0.15, 0.2) is 45.4 Å². The van der Waals surface area contributed by atoms with Crippen molar-refractivity contribution >= 4 is 17.6 Å². The number of aromatic nitrogens is 1. The van der Waals surface area contributed by atoms with Crippen molar-refractivity contribution in [3.63, 3.8) is 0 Å². The maximum absolute atomic E-state index is 12.2. The van der Waals surface area contributed by atoms with Gasteiger partial charge < -0.3 is 19.3 Å². The number of anilines is 1. The molecule has 0 aliphatic rings. The van der Waals surface area contributed by atoms with Gasteiger partial charge in [-0.25, -0.2) is 9.78 Å². The van der Waals surface area contributed by atoms with Crippen LogP contribution in [-0.4, -0.2) is 22.0 Å². The van der Waals surface area contributed by atoms with E-state index in [-0.39, 0.29) is 17.9 Å². The highest BCUT2D eigenvalue weighted by Crippen LogP contribution is 2.22. The molecular formula is C18H16N2O5. The highest BCUT2D eigenvalue weighted by atomic mass is 16.4. The summed E-state index contributed by atoms with van der Waals surface area (Å²) in [4.78, 5) is 27.7. The highest BCUT2D eigenvalue weighted by Gasteiger charge is 2.17. The molecule has 3 aromatic rings. The molecule has 7 heteroatoms. The zero-order chi connectivity index (χ0) is 18.0. The van der Waals surface area contributed by atoms with Crippen LogP contribution in [0.1, 0.15) is 27.4 Å². The summed E-state index contributed by atoms with van der Waals surface area (Å²) in [7, 11) is 0. The van der Waals surface area contributed by atoms with Gasteiger partial charge in [0.05, 0.1) is 23.9 Å². The number of carboxylic acids is 1. The van der Waals surface area contributed by atoms with Crippen LogP contribution in [0.5, 0.6) is 0 Å². The molecule has 0 saturated carbocycles. The van der Waals surface area contributed by atoms with E-state index in [1.165, 1.54) is 12.3 Å². The Kier molecular flexibility index (Phi) is 4.38. The predicted octanol–water partition coefficient (Wildman–Crippen LogP) is 3.43. The number of nitrogens with zero attached hydrogens (tertiary/aromatic N) is 1. The minimum Gasteiger partial charge on any atom is -0.478 e. The van der Waals surface area contributed by atoms with E-state index in [1.807, 2.05) is 0 Å². The SMILES string of the molecule is Cc1ccc(NC(=O)Cc2nc(-c3ccco3)oc2C)cc1C(=O)O. The van der Waals surface area contributed by atoms with Crippen LogP contribution >= 0.6 is 0 Å². The first kappa shape index (κ1) is 16.5. The number of benzene rings is 1. The van der Waals surface area contributed by atoms with Crippen LogP contribution in [0.2, 0.25) is 0 Å². The van der Waals surface area contributed by atoms with Gasteiger partial charge in [0, 0.05) is 5.69 Å². The van der Waals surface area contributed by atoms with Crippen LogP contribution < -0.4 is 5.32 Å². The summed E-state index contributed by atoms with van der Waals surface area (Å²) in [6, 6.07) is 8.17. The van der Waals surface area contributed by atoms with E-state index in [9.17, 15) is 9.59 Å². The Labute approximate surface area is 143 Å². The lowest BCUT2D eigenvalue weighted by Crippen LogP contribution is -2.15. The summed E-state index contributed by atoms with van der Waals surface area (Å²) in [5, 5.41) is 11.8. The molecule has 0 bridgehead atoms. The first-order chi connectivity index (χ1) is 11.9. The standard InChI is InChI=1S/C18H16N2O5/c1-10-5-6-12(8-13(10)18(22)23)19-16(21)9-14-11(2)25-17(20-14)15-4-3-7-24-15/h3-8H,9H2,1-2H3,(H,19,21)(H,22,23). The third kappa shape index (κ3) is 3.60. The van der Waals surface area contributed by atoms with Gasteiger partial charge in [0.15, 0.2) is 5.76 Å². The van der Waals surface area contributed by atoms with Gasteiger partial charge in [0.2, 0.25) is 5.91 Å². The zero-order valence-electron chi connectivity index (χ0n) is 13.7. The number of carbonyl (C=O) groups excluding carboxylic acids is 1. The summed E-state index contributed by atoms with van der Waals surface area (Å²) < 4.78 is 10.7. The number of carbonyl (C=O) groups is 2. The van der Waals surface area contributed by atoms with E-state index >= 15 is 0 Å². The fourth-order valence-electron chi connectivity index (χ4n) is 2.39. The molecule has 0 aliphatic carbocycles. The fourth-order valence-corrected chi connectivity index (χ4v) is 2.39. The maximum atomic E-state index is 12.2. The summed E-state index contributed by atoms with van der Waals surface area (Å²) in [6.07, 6.45) is 1.52. The quantitative estimate of drug-likeness (QED) is 0.737. The highest BCUT2D eigenvalue weighted by molar-refractivity contribution is 5.95. The zero-order valence-corrected chi connectivity index (χ0v) is 13.7. The summed E-state index contributed by atoms with van der Waals surface area (Å²) in [5.74, 6) is -0.0310. The number of nitrogens with one attached hydrogen (secondary N) is 1. The van der Waals surface area contributed by atoms with E-state index in [2.05, 4.69) is 10.3 Å². The minimum absolute atomic E-state index is 0.00627. The smallest absolute Gasteiger partial charge is 0.336 e. The van der Waals surface area contributed by atoms with E-state index in [4.69, 9.17) is 13.9 Å². The van der Waals surface area contributed by atoms with E-state index in [0.717, 1.165) is 0 Å². The van der Waals surface area contributed by atoms with Gasteiger partial charge in [-0.1, -0.05) is 6.07 Å². The molecule has 0 atom stereocenters. The number of carboxylic acid groups (broad SMARTS) is 1. The second-order valence-electron chi connectivity index (χ2n) is 5.56. The van der Waals surface area contributed by atoms with Gasteiger partial charge in [0.25, 0.3) is 5.89 Å². The predicted molar refractivity (Wildman–Crippen MR) is 89.4 cm³/mol. The molecule has 128 valence electrons. The summed E-state index contributed by atoms with van der Waals surface area (Å²) in [6.45, 7) is 3.42. The van der Waals surface area contributed by atoms with Crippen molar-refractivity contribution in [3.8, 4) is 11.7 Å². The lowest BCUT2D eigenvalue weighted by Gasteiger charge is -2.07. The Morgan fingerprint density at radius 2 is 2.04 bits per heavy atom. The van der Waals surface area contributed by atoms with Crippen molar-refractivity contribution in [1.29, 1.82) is 0 Å². The molecule has 2 aromatic heterocycles. The second-order valence-corrected chi connectivity index (χ2v) is 5.56. The second kappa shape index (κ2) is 6.64. The first-order valence-electron chi connectivity index (χ1n) is 7.58. The Balaban J connectivity index is 1.73. The molecule has 2 heterocycles. The number of aromatic carboxylic acids is 1. The Morgan fingerprint density at radius 1 is 1.24 bits per heavy atom. The van der Waals surface area contributed by atoms with Gasteiger partial charge in [-0.3, -0.25) is 4.79 Å². The average molecular weight is 340 g/mol. The van der Waals surface area contributed by atoms with Crippen LogP contribution in [-0.2, 0) is 11.2 Å². The first-order valence-corrected chi connectivity index (χ1v) is 7.58. The number of hydrogen-bond donors (Lipinski definition) is 2. The lowest BCUT2D eigenvalue weighted by molar-refractivity contribution is -0.115. The Bertz CT molecular complexity index is 925. The number of oxazole rings is 1. The average Bonchev–Trinajstić information content (AvgIpc) is 3.19. The van der Waals surface area contributed by atoms with Crippen molar-refractivity contribution < 1.29 is 23.5 Å². The topological polar surface area (TPSA) is 106 Å². The Morgan fingerprint density at radius 3 is 2.72 bits per heavy atom. The van der Waals surface area contributed by atoms with Gasteiger partial charge in [-0.15, -0.1) is 0 Å². The van der Waals surface area contributed by atoms with Crippen molar-refractivity contribution in [3.05, 3.63) is 59.2 Å². The number of aryl methyl sites for hydroxylation is 2. The molecule has 1 amide bonds. The molecule has 0 unspecified atom stereocenters. The van der Waals surface area contributed by atoms with E-state index in [1.54, 1.807) is 38.1 Å². The number of amides is 1. The molecule has 0 fully saturated rings. The molecule has 0 radical (unpaired) electrons. The van der Waals surface area contributed by atoms with Gasteiger partial charge >= 0.3 is 5.97 Å². The van der Waals surface area contributed by atoms with Gasteiger partial charge in [-0.05, 0) is 43.7 Å². The minimum atomic E-state index is -1.04. The van der Waals surface area contributed by atoms with Crippen molar-refractivity contribution in [1.82, 2.24) is 4.98 Å². The van der Waals surface area contributed by atoms with E-state index in [0.29, 0.717) is 34.4 Å². The molecule has 1 aromatic carbocycles. The number of rotatable bonds is 5. The fraction of sp³-hybridized carbons (Fsp3) is 0.167. The van der Waals surface area contributed by atoms with Gasteiger partial charge in [-0.2, -0.15) is 0 Å². The normalized spacial score (nSPS) is 10.6. The number of furan rings is 1. The van der Waals surface area contributed by atoms with Crippen LogP contribution in [0.3, 0.4) is 0 Å². The maximum Gasteiger partial charge on any atom is 0.336 e. The van der Waals surface area contributed by atoms with Crippen molar-refractivity contribution in [2.75, 3.05) is 5.32 Å². The molecular weight excluding hydrogens is 324 g/mol. The molecule has 0 saturated heterocycles. The molecule has 0 spiro atoms. The van der Waals surface area contributed by atoms with E-state index < -0.39 is 5.97 Å². The summed E-state index contributed by atoms with van der Waals surface area (Å²) >= 11 is 0. The van der Waals surface area contributed by atoms with Crippen molar-refractivity contribution in [2.24, 2.45) is 0 Å². The summed E-state index contributed by atoms with van der Waals surface area (Å²) in [5.41, 5.74) is 1.69. The van der Waals surface area contributed by atoms with Crippen molar-refractivity contribution in [2.45, 2.75) is 20.3 Å². The van der Waals surface area contributed by atoms with Gasteiger partial charge in [0.1, 0.15) is 5.76 Å². The largest absolute Gasteiger partial charge is 0.478 e. The Hall–Kier alpha value is -3.35. The molecule has 7 nitrogen and oxygen atoms in total. The lowest BCUT2D eigenvalue weighted by atomic mass is 10.1. The van der Waals surface area contributed by atoms with Crippen LogP contribution in [0.25, 0.3) is 11.7 Å². The molecule has 3 rings (SSSR count). The third-order valence-corrected chi connectivity index (χ3v) is 3.70. The van der Waals surface area contributed by atoms with Crippen LogP contribution in [0, 0.1) is 13.8 Å². The molecule has 25 heavy (non-hydrogen) atoms.